The fourth-order valence-electron chi connectivity index (χ4n) is 1.63. The summed E-state index contributed by atoms with van der Waals surface area (Å²) in [6.45, 7) is 2.43. The second-order valence-corrected chi connectivity index (χ2v) is 5.80. The molecular formula is C10H8ClN5OS2. The lowest BCUT2D eigenvalue weighted by Gasteiger charge is -2.02. The van der Waals surface area contributed by atoms with Gasteiger partial charge in [-0.2, -0.15) is 0 Å². The Hall–Kier alpha value is -1.38. The van der Waals surface area contributed by atoms with Crippen molar-refractivity contribution in [2.45, 2.75) is 23.7 Å². The molecule has 0 atom stereocenters. The van der Waals surface area contributed by atoms with Gasteiger partial charge in [-0.05, 0) is 41.7 Å². The number of aromatic nitrogens is 5. The molecule has 0 saturated heterocycles. The third-order valence-electron chi connectivity index (χ3n) is 2.47. The molecule has 1 N–H and O–H groups in total. The van der Waals surface area contributed by atoms with Crippen LogP contribution in [0.4, 0.5) is 0 Å². The van der Waals surface area contributed by atoms with Crippen LogP contribution in [0, 0.1) is 0 Å². The molecule has 0 aliphatic rings. The summed E-state index contributed by atoms with van der Waals surface area (Å²) in [5.74, 6) is 0. The molecule has 0 aliphatic carbocycles. The average Bonchev–Trinajstić information content (AvgIpc) is 2.96. The molecule has 0 spiro atoms. The van der Waals surface area contributed by atoms with Gasteiger partial charge in [-0.15, -0.1) is 16.4 Å². The van der Waals surface area contributed by atoms with Crippen molar-refractivity contribution in [2.75, 3.05) is 0 Å². The van der Waals surface area contributed by atoms with Gasteiger partial charge in [0.25, 0.3) is 0 Å². The number of rotatable bonds is 3. The Bertz CT molecular complexity index is 793. The zero-order valence-electron chi connectivity index (χ0n) is 9.75. The van der Waals surface area contributed by atoms with Gasteiger partial charge in [0, 0.05) is 6.54 Å². The Morgan fingerprint density at radius 3 is 3.16 bits per heavy atom. The van der Waals surface area contributed by atoms with Crippen molar-refractivity contribution in [2.24, 2.45) is 0 Å². The minimum atomic E-state index is -0.229. The molecule has 0 radical (unpaired) electrons. The number of aromatic amines is 1. The van der Waals surface area contributed by atoms with Crippen molar-refractivity contribution in [3.8, 4) is 0 Å². The molecule has 0 unspecified atom stereocenters. The lowest BCUT2D eigenvalue weighted by molar-refractivity contribution is 0.660. The topological polar surface area (TPSA) is 76.5 Å². The van der Waals surface area contributed by atoms with E-state index in [1.807, 2.05) is 18.4 Å². The van der Waals surface area contributed by atoms with Crippen molar-refractivity contribution in [1.82, 2.24) is 24.7 Å². The zero-order valence-corrected chi connectivity index (χ0v) is 12.1. The molecule has 0 bridgehead atoms. The highest BCUT2D eigenvalue weighted by Gasteiger charge is 2.14. The Kier molecular flexibility index (Phi) is 3.29. The van der Waals surface area contributed by atoms with Crippen molar-refractivity contribution >= 4 is 44.9 Å². The van der Waals surface area contributed by atoms with Crippen LogP contribution in [-0.2, 0) is 6.54 Å². The van der Waals surface area contributed by atoms with E-state index < -0.39 is 0 Å². The molecule has 98 valence electrons. The van der Waals surface area contributed by atoms with Crippen LogP contribution < -0.4 is 5.69 Å². The van der Waals surface area contributed by atoms with E-state index in [-0.39, 0.29) is 11.0 Å². The van der Waals surface area contributed by atoms with Gasteiger partial charge in [0.15, 0.2) is 5.16 Å². The van der Waals surface area contributed by atoms with Gasteiger partial charge in [-0.1, -0.05) is 0 Å². The summed E-state index contributed by atoms with van der Waals surface area (Å²) >= 11 is 8.73. The van der Waals surface area contributed by atoms with Crippen molar-refractivity contribution in [3.63, 3.8) is 0 Å². The predicted molar refractivity (Wildman–Crippen MR) is 75.1 cm³/mol. The first-order valence-electron chi connectivity index (χ1n) is 5.43. The summed E-state index contributed by atoms with van der Waals surface area (Å²) in [7, 11) is 0. The van der Waals surface area contributed by atoms with Crippen LogP contribution in [-0.4, -0.2) is 24.7 Å². The van der Waals surface area contributed by atoms with E-state index in [0.717, 1.165) is 10.2 Å². The third-order valence-corrected chi connectivity index (χ3v) is 4.66. The Morgan fingerprint density at radius 1 is 1.53 bits per heavy atom. The maximum absolute atomic E-state index is 11.5. The summed E-state index contributed by atoms with van der Waals surface area (Å²) < 4.78 is 2.48. The summed E-state index contributed by atoms with van der Waals surface area (Å²) in [6.07, 6.45) is 0. The number of nitrogens with zero attached hydrogens (tertiary/aromatic N) is 4. The first-order chi connectivity index (χ1) is 9.19. The number of fused-ring (bicyclic) bond motifs is 1. The number of nitrogens with one attached hydrogen (secondary N) is 1. The van der Waals surface area contributed by atoms with Crippen LogP contribution >= 0.6 is 34.7 Å². The van der Waals surface area contributed by atoms with E-state index in [1.54, 1.807) is 4.57 Å². The molecule has 0 saturated carbocycles. The van der Waals surface area contributed by atoms with Crippen LogP contribution in [0.1, 0.15) is 6.92 Å². The fourth-order valence-corrected chi connectivity index (χ4v) is 3.75. The quantitative estimate of drug-likeness (QED) is 0.593. The monoisotopic (exact) mass is 313 g/mol. The summed E-state index contributed by atoms with van der Waals surface area (Å²) in [5, 5.41) is 9.81. The van der Waals surface area contributed by atoms with E-state index in [2.05, 4.69) is 20.2 Å². The van der Waals surface area contributed by atoms with E-state index in [0.29, 0.717) is 16.7 Å². The van der Waals surface area contributed by atoms with Crippen LogP contribution in [0.2, 0.25) is 5.28 Å². The highest BCUT2D eigenvalue weighted by molar-refractivity contribution is 7.99. The van der Waals surface area contributed by atoms with Crippen LogP contribution in [0.3, 0.4) is 0 Å². The molecule has 3 aromatic heterocycles. The van der Waals surface area contributed by atoms with Gasteiger partial charge in [0.05, 0.1) is 10.2 Å². The summed E-state index contributed by atoms with van der Waals surface area (Å²) in [5.41, 5.74) is 0.570. The van der Waals surface area contributed by atoms with Gasteiger partial charge in [0.2, 0.25) is 5.28 Å². The summed E-state index contributed by atoms with van der Waals surface area (Å²) in [4.78, 5) is 19.9. The molecule has 19 heavy (non-hydrogen) atoms. The van der Waals surface area contributed by atoms with Gasteiger partial charge < -0.3 is 0 Å². The molecule has 0 aliphatic heterocycles. The van der Waals surface area contributed by atoms with Gasteiger partial charge in [0.1, 0.15) is 5.03 Å². The molecule has 6 nitrogen and oxygen atoms in total. The van der Waals surface area contributed by atoms with E-state index >= 15 is 0 Å². The van der Waals surface area contributed by atoms with Crippen LogP contribution in [0.15, 0.2) is 26.4 Å². The Morgan fingerprint density at radius 2 is 2.37 bits per heavy atom. The number of halogens is 1. The Labute approximate surface area is 120 Å². The fraction of sp³-hybridized carbons (Fsp3) is 0.200. The van der Waals surface area contributed by atoms with Gasteiger partial charge >= 0.3 is 5.69 Å². The second kappa shape index (κ2) is 4.95. The number of hydrogen-bond acceptors (Lipinski definition) is 6. The van der Waals surface area contributed by atoms with Crippen molar-refractivity contribution in [1.29, 1.82) is 0 Å². The first-order valence-corrected chi connectivity index (χ1v) is 7.50. The Balaban J connectivity index is 2.10. The predicted octanol–water partition coefficient (Wildman–Crippen LogP) is 2.40. The van der Waals surface area contributed by atoms with Crippen LogP contribution in [0.5, 0.6) is 0 Å². The van der Waals surface area contributed by atoms with Crippen molar-refractivity contribution in [3.05, 3.63) is 27.2 Å². The largest absolute Gasteiger partial charge is 0.343 e. The molecular weight excluding hydrogens is 306 g/mol. The van der Waals surface area contributed by atoms with E-state index in [1.165, 1.54) is 23.1 Å². The number of thiophene rings is 1. The van der Waals surface area contributed by atoms with E-state index in [9.17, 15) is 4.79 Å². The molecule has 3 aromatic rings. The smallest absolute Gasteiger partial charge is 0.270 e. The molecule has 0 amide bonds. The molecule has 0 aromatic carbocycles. The minimum Gasteiger partial charge on any atom is -0.270 e. The minimum absolute atomic E-state index is 0.189. The highest BCUT2D eigenvalue weighted by atomic mass is 35.5. The third kappa shape index (κ3) is 2.26. The average molecular weight is 314 g/mol. The first kappa shape index (κ1) is 12.6. The maximum atomic E-state index is 11.5. The lowest BCUT2D eigenvalue weighted by Crippen LogP contribution is -2.16. The number of hydrogen-bond donors (Lipinski definition) is 1. The normalized spacial score (nSPS) is 11.3. The molecule has 0 fully saturated rings. The van der Waals surface area contributed by atoms with E-state index in [4.69, 9.17) is 11.6 Å². The van der Waals surface area contributed by atoms with Crippen LogP contribution in [0.25, 0.3) is 10.2 Å². The molecule has 3 rings (SSSR count). The molecule has 9 heteroatoms. The second-order valence-electron chi connectivity index (χ2n) is 3.59. The molecule has 3 heterocycles. The van der Waals surface area contributed by atoms with Gasteiger partial charge in [-0.3, -0.25) is 4.57 Å². The van der Waals surface area contributed by atoms with Gasteiger partial charge in [-0.25, -0.2) is 19.9 Å². The highest BCUT2D eigenvalue weighted by Crippen LogP contribution is 2.33. The maximum Gasteiger partial charge on any atom is 0.343 e. The lowest BCUT2D eigenvalue weighted by atomic mass is 10.5. The summed E-state index contributed by atoms with van der Waals surface area (Å²) in [6, 6.07) is 1.88. The zero-order chi connectivity index (χ0) is 13.4. The number of H-pyrrole nitrogens is 1. The standard InChI is InChI=1S/C10H8ClN5OS2/c1-2-16-9(17)14-15-10(16)19-7-6-5(3-4-18-6)12-8(11)13-7/h3-4H,2H2,1H3,(H,14,17). The SMILES string of the molecule is CCn1c(Sc2nc(Cl)nc3ccsc23)n[nH]c1=O. The van der Waals surface area contributed by atoms with Crippen molar-refractivity contribution < 1.29 is 0 Å².